The summed E-state index contributed by atoms with van der Waals surface area (Å²) in [6, 6.07) is 0. The van der Waals surface area contributed by atoms with E-state index in [1.807, 2.05) is 0 Å². The molecular formula is C16H26. The van der Waals surface area contributed by atoms with Crippen LogP contribution in [0.5, 0.6) is 0 Å². The lowest BCUT2D eigenvalue weighted by molar-refractivity contribution is 0.262. The number of hydrogen-bond donors (Lipinski definition) is 0. The first kappa shape index (κ1) is 13.3. The molecule has 0 aromatic carbocycles. The van der Waals surface area contributed by atoms with Gasteiger partial charge in [0, 0.05) is 0 Å². The van der Waals surface area contributed by atoms with Crippen LogP contribution in [0.15, 0.2) is 35.5 Å². The second-order valence-corrected chi connectivity index (χ2v) is 5.75. The van der Waals surface area contributed by atoms with Crippen LogP contribution in [0, 0.1) is 11.3 Å². The van der Waals surface area contributed by atoms with Gasteiger partial charge < -0.3 is 0 Å². The van der Waals surface area contributed by atoms with Crippen molar-refractivity contribution in [2.24, 2.45) is 11.3 Å². The minimum absolute atomic E-state index is 0.370. The zero-order chi connectivity index (χ0) is 12.2. The lowest BCUT2D eigenvalue weighted by Crippen LogP contribution is -2.23. The van der Waals surface area contributed by atoms with E-state index in [0.717, 1.165) is 5.92 Å². The SMILES string of the molecule is CC(C)=CCC[C@H](C)[C@]1(C)C=CC(C)=CC1. The van der Waals surface area contributed by atoms with Crippen LogP contribution < -0.4 is 0 Å². The molecular weight excluding hydrogens is 192 g/mol. The first-order valence-electron chi connectivity index (χ1n) is 6.43. The van der Waals surface area contributed by atoms with Gasteiger partial charge in [-0.3, -0.25) is 0 Å². The normalized spacial score (nSPS) is 26.2. The molecule has 0 saturated heterocycles. The zero-order valence-corrected chi connectivity index (χ0v) is 11.5. The van der Waals surface area contributed by atoms with Gasteiger partial charge in [-0.25, -0.2) is 0 Å². The molecule has 90 valence electrons. The number of allylic oxidation sites excluding steroid dienone is 6. The Kier molecular flexibility index (Phi) is 4.58. The predicted molar refractivity (Wildman–Crippen MR) is 73.5 cm³/mol. The minimum atomic E-state index is 0.370. The van der Waals surface area contributed by atoms with Crippen LogP contribution in [0.3, 0.4) is 0 Å². The Balaban J connectivity index is 2.51. The van der Waals surface area contributed by atoms with Crippen LogP contribution in [0.1, 0.15) is 53.9 Å². The van der Waals surface area contributed by atoms with Crippen molar-refractivity contribution >= 4 is 0 Å². The molecule has 0 spiro atoms. The summed E-state index contributed by atoms with van der Waals surface area (Å²) in [6.07, 6.45) is 13.1. The summed E-state index contributed by atoms with van der Waals surface area (Å²) in [7, 11) is 0. The van der Waals surface area contributed by atoms with Crippen LogP contribution in [0.2, 0.25) is 0 Å². The molecule has 0 radical (unpaired) electrons. The Hall–Kier alpha value is -0.780. The van der Waals surface area contributed by atoms with E-state index >= 15 is 0 Å². The molecule has 1 aliphatic rings. The smallest absolute Gasteiger partial charge is 0.00829 e. The van der Waals surface area contributed by atoms with Crippen molar-refractivity contribution in [3.05, 3.63) is 35.5 Å². The third-order valence-electron chi connectivity index (χ3n) is 3.87. The van der Waals surface area contributed by atoms with Crippen molar-refractivity contribution in [1.29, 1.82) is 0 Å². The van der Waals surface area contributed by atoms with E-state index in [1.165, 1.54) is 30.4 Å². The van der Waals surface area contributed by atoms with Gasteiger partial charge in [-0.05, 0) is 51.4 Å². The maximum absolute atomic E-state index is 2.41. The molecule has 0 heteroatoms. The van der Waals surface area contributed by atoms with E-state index in [9.17, 15) is 0 Å². The van der Waals surface area contributed by atoms with Gasteiger partial charge in [-0.1, -0.05) is 49.3 Å². The molecule has 16 heavy (non-hydrogen) atoms. The van der Waals surface area contributed by atoms with E-state index in [4.69, 9.17) is 0 Å². The summed E-state index contributed by atoms with van der Waals surface area (Å²) in [5, 5.41) is 0. The van der Waals surface area contributed by atoms with Gasteiger partial charge in [0.25, 0.3) is 0 Å². The largest absolute Gasteiger partial charge is 0.0859 e. The standard InChI is InChI=1S/C16H26/c1-13(2)7-6-8-15(4)16(5)11-9-14(3)10-12-16/h7,9-11,15H,6,8,12H2,1-5H3/t15-,16+/m0/s1. The molecule has 0 aromatic heterocycles. The Bertz CT molecular complexity index is 313. The van der Waals surface area contributed by atoms with Gasteiger partial charge in [0.15, 0.2) is 0 Å². The summed E-state index contributed by atoms with van der Waals surface area (Å²) < 4.78 is 0. The van der Waals surface area contributed by atoms with Crippen LogP contribution in [0.4, 0.5) is 0 Å². The lowest BCUT2D eigenvalue weighted by atomic mass is 9.71. The van der Waals surface area contributed by atoms with E-state index < -0.39 is 0 Å². The molecule has 0 bridgehead atoms. The molecule has 0 nitrogen and oxygen atoms in total. The van der Waals surface area contributed by atoms with Gasteiger partial charge in [0.2, 0.25) is 0 Å². The summed E-state index contributed by atoms with van der Waals surface area (Å²) in [5.74, 6) is 0.753. The monoisotopic (exact) mass is 218 g/mol. The van der Waals surface area contributed by atoms with E-state index in [2.05, 4.69) is 58.9 Å². The maximum Gasteiger partial charge on any atom is -0.00829 e. The van der Waals surface area contributed by atoms with Gasteiger partial charge in [0.05, 0.1) is 0 Å². The Labute approximate surface area is 101 Å². The van der Waals surface area contributed by atoms with Gasteiger partial charge in [-0.2, -0.15) is 0 Å². The molecule has 0 unspecified atom stereocenters. The van der Waals surface area contributed by atoms with Gasteiger partial charge in [0.1, 0.15) is 0 Å². The second kappa shape index (κ2) is 5.52. The van der Waals surface area contributed by atoms with Crippen molar-refractivity contribution in [3.63, 3.8) is 0 Å². The average molecular weight is 218 g/mol. The highest BCUT2D eigenvalue weighted by Gasteiger charge is 2.28. The first-order chi connectivity index (χ1) is 7.44. The molecule has 0 fully saturated rings. The Morgan fingerprint density at radius 3 is 2.69 bits per heavy atom. The average Bonchev–Trinajstić information content (AvgIpc) is 2.22. The highest BCUT2D eigenvalue weighted by molar-refractivity contribution is 5.24. The first-order valence-corrected chi connectivity index (χ1v) is 6.43. The van der Waals surface area contributed by atoms with Crippen molar-refractivity contribution in [2.75, 3.05) is 0 Å². The summed E-state index contributed by atoms with van der Waals surface area (Å²) in [6.45, 7) is 11.3. The fourth-order valence-corrected chi connectivity index (χ4v) is 2.16. The Morgan fingerprint density at radius 1 is 1.50 bits per heavy atom. The van der Waals surface area contributed by atoms with Crippen molar-refractivity contribution in [3.8, 4) is 0 Å². The topological polar surface area (TPSA) is 0 Å². The highest BCUT2D eigenvalue weighted by Crippen LogP contribution is 2.39. The van der Waals surface area contributed by atoms with Crippen LogP contribution in [-0.4, -0.2) is 0 Å². The quantitative estimate of drug-likeness (QED) is 0.563. The van der Waals surface area contributed by atoms with Gasteiger partial charge >= 0.3 is 0 Å². The second-order valence-electron chi connectivity index (χ2n) is 5.75. The fourth-order valence-electron chi connectivity index (χ4n) is 2.16. The van der Waals surface area contributed by atoms with E-state index in [0.29, 0.717) is 5.41 Å². The van der Waals surface area contributed by atoms with E-state index in [1.54, 1.807) is 0 Å². The Morgan fingerprint density at radius 2 is 2.19 bits per heavy atom. The summed E-state index contributed by atoms with van der Waals surface area (Å²) in [4.78, 5) is 0. The molecule has 0 heterocycles. The third-order valence-corrected chi connectivity index (χ3v) is 3.87. The molecule has 0 saturated carbocycles. The molecule has 1 rings (SSSR count). The molecule has 0 aliphatic heterocycles. The van der Waals surface area contributed by atoms with Gasteiger partial charge in [-0.15, -0.1) is 0 Å². The molecule has 1 aliphatic carbocycles. The van der Waals surface area contributed by atoms with Crippen molar-refractivity contribution in [2.45, 2.75) is 53.9 Å². The van der Waals surface area contributed by atoms with Crippen LogP contribution in [-0.2, 0) is 0 Å². The van der Waals surface area contributed by atoms with Crippen LogP contribution in [0.25, 0.3) is 0 Å². The predicted octanol–water partition coefficient (Wildman–Crippen LogP) is 5.28. The molecule has 0 aromatic rings. The van der Waals surface area contributed by atoms with Crippen LogP contribution >= 0.6 is 0 Å². The number of hydrogen-bond acceptors (Lipinski definition) is 0. The summed E-state index contributed by atoms with van der Waals surface area (Å²) in [5.41, 5.74) is 3.22. The van der Waals surface area contributed by atoms with E-state index in [-0.39, 0.29) is 0 Å². The molecule has 0 N–H and O–H groups in total. The number of rotatable bonds is 4. The highest BCUT2D eigenvalue weighted by atomic mass is 14.3. The molecule has 0 amide bonds. The zero-order valence-electron chi connectivity index (χ0n) is 11.5. The third kappa shape index (κ3) is 3.66. The fraction of sp³-hybridized carbons (Fsp3) is 0.625. The summed E-state index contributed by atoms with van der Waals surface area (Å²) >= 11 is 0. The minimum Gasteiger partial charge on any atom is -0.0859 e. The molecule has 2 atom stereocenters. The van der Waals surface area contributed by atoms with Crippen molar-refractivity contribution < 1.29 is 0 Å². The lowest BCUT2D eigenvalue weighted by Gasteiger charge is -2.34. The maximum atomic E-state index is 2.41. The van der Waals surface area contributed by atoms with Crippen molar-refractivity contribution in [1.82, 2.24) is 0 Å².